The minimum Gasteiger partial charge on any atom is -0.351 e. The van der Waals surface area contributed by atoms with Crippen LogP contribution in [-0.4, -0.2) is 28.0 Å². The van der Waals surface area contributed by atoms with Crippen molar-refractivity contribution in [3.05, 3.63) is 31.5 Å². The summed E-state index contributed by atoms with van der Waals surface area (Å²) in [6.07, 6.45) is 1.27. The van der Waals surface area contributed by atoms with E-state index in [0.29, 0.717) is 6.54 Å². The number of rotatable bonds is 4. The van der Waals surface area contributed by atoms with Gasteiger partial charge in [0, 0.05) is 18.8 Å². The number of nitrogens with one attached hydrogen (secondary N) is 2. The molecule has 0 saturated heterocycles. The number of H-pyrrole nitrogens is 1. The van der Waals surface area contributed by atoms with Gasteiger partial charge in [-0.2, -0.15) is 0 Å². The van der Waals surface area contributed by atoms with E-state index in [0.717, 1.165) is 4.57 Å². The number of amides is 1. The number of carbonyl (C=O) groups excluding carboxylic acids is 1. The molecule has 0 aliphatic carbocycles. The first-order valence-electron chi connectivity index (χ1n) is 4.92. The van der Waals surface area contributed by atoms with E-state index in [-0.39, 0.29) is 35.4 Å². The molecule has 9 heteroatoms. The van der Waals surface area contributed by atoms with Gasteiger partial charge in [0.25, 0.3) is 5.56 Å². The number of nitrogens with two attached hydrogens (primary N) is 1. The van der Waals surface area contributed by atoms with Gasteiger partial charge in [0.15, 0.2) is 0 Å². The fourth-order valence-corrected chi connectivity index (χ4v) is 1.48. The highest BCUT2D eigenvalue weighted by Crippen LogP contribution is 1.97. The summed E-state index contributed by atoms with van der Waals surface area (Å²) >= 11 is 2.98. The zero-order chi connectivity index (χ0) is 13.0. The van der Waals surface area contributed by atoms with E-state index in [1.54, 1.807) is 6.92 Å². The molecule has 18 heavy (non-hydrogen) atoms. The Bertz CT molecular complexity index is 527. The Balaban J connectivity index is 0.00000289. The van der Waals surface area contributed by atoms with E-state index >= 15 is 0 Å². The molecular formula is C9H14BrClN4O3. The van der Waals surface area contributed by atoms with Crippen LogP contribution in [0.15, 0.2) is 20.3 Å². The van der Waals surface area contributed by atoms with Crippen LogP contribution in [0.2, 0.25) is 0 Å². The Morgan fingerprint density at radius 2 is 2.22 bits per heavy atom. The Morgan fingerprint density at radius 3 is 2.78 bits per heavy atom. The molecule has 0 unspecified atom stereocenters. The van der Waals surface area contributed by atoms with Gasteiger partial charge in [-0.15, -0.1) is 12.4 Å². The van der Waals surface area contributed by atoms with Crippen LogP contribution in [0.5, 0.6) is 0 Å². The normalized spacial score (nSPS) is 11.5. The third-order valence-corrected chi connectivity index (χ3v) is 2.61. The van der Waals surface area contributed by atoms with Crippen LogP contribution in [0.4, 0.5) is 0 Å². The summed E-state index contributed by atoms with van der Waals surface area (Å²) in [4.78, 5) is 36.0. The summed E-state index contributed by atoms with van der Waals surface area (Å²) in [7, 11) is 0. The van der Waals surface area contributed by atoms with Crippen molar-refractivity contribution in [1.82, 2.24) is 14.9 Å². The third-order valence-electron chi connectivity index (χ3n) is 2.04. The lowest BCUT2D eigenvalue weighted by Gasteiger charge is -2.11. The number of hydrogen-bond acceptors (Lipinski definition) is 4. The maximum Gasteiger partial charge on any atom is 0.328 e. The van der Waals surface area contributed by atoms with Gasteiger partial charge in [0.1, 0.15) is 6.54 Å². The molecule has 0 bridgehead atoms. The largest absolute Gasteiger partial charge is 0.351 e. The zero-order valence-electron chi connectivity index (χ0n) is 9.60. The van der Waals surface area contributed by atoms with Crippen molar-refractivity contribution in [2.75, 3.05) is 6.54 Å². The summed E-state index contributed by atoms with van der Waals surface area (Å²) in [6, 6.07) is -0.163. The van der Waals surface area contributed by atoms with Crippen molar-refractivity contribution in [2.45, 2.75) is 19.5 Å². The highest BCUT2D eigenvalue weighted by molar-refractivity contribution is 9.10. The van der Waals surface area contributed by atoms with Crippen LogP contribution in [-0.2, 0) is 11.3 Å². The van der Waals surface area contributed by atoms with E-state index in [2.05, 4.69) is 26.2 Å². The Hall–Kier alpha value is -1.12. The van der Waals surface area contributed by atoms with Crippen LogP contribution >= 0.6 is 28.3 Å². The van der Waals surface area contributed by atoms with Gasteiger partial charge >= 0.3 is 5.69 Å². The van der Waals surface area contributed by atoms with E-state index in [4.69, 9.17) is 5.73 Å². The molecule has 102 valence electrons. The molecule has 0 radical (unpaired) electrons. The third kappa shape index (κ3) is 4.63. The lowest BCUT2D eigenvalue weighted by molar-refractivity contribution is -0.122. The van der Waals surface area contributed by atoms with Crippen molar-refractivity contribution in [3.8, 4) is 0 Å². The molecule has 0 aliphatic heterocycles. The van der Waals surface area contributed by atoms with Crippen molar-refractivity contribution < 1.29 is 4.79 Å². The molecule has 7 nitrogen and oxygen atoms in total. The number of hydrogen-bond donors (Lipinski definition) is 3. The quantitative estimate of drug-likeness (QED) is 0.665. The second-order valence-electron chi connectivity index (χ2n) is 3.57. The van der Waals surface area contributed by atoms with Gasteiger partial charge in [-0.1, -0.05) is 0 Å². The number of aromatic amines is 1. The van der Waals surface area contributed by atoms with Crippen molar-refractivity contribution in [1.29, 1.82) is 0 Å². The predicted molar refractivity (Wildman–Crippen MR) is 72.9 cm³/mol. The molecule has 1 amide bonds. The predicted octanol–water partition coefficient (Wildman–Crippen LogP) is -0.816. The van der Waals surface area contributed by atoms with Gasteiger partial charge in [-0.25, -0.2) is 4.79 Å². The first kappa shape index (κ1) is 16.9. The summed E-state index contributed by atoms with van der Waals surface area (Å²) < 4.78 is 1.29. The highest BCUT2D eigenvalue weighted by Gasteiger charge is 2.09. The first-order valence-corrected chi connectivity index (χ1v) is 5.72. The van der Waals surface area contributed by atoms with Crippen molar-refractivity contribution in [3.63, 3.8) is 0 Å². The lowest BCUT2D eigenvalue weighted by Crippen LogP contribution is -2.42. The fraction of sp³-hybridized carbons (Fsp3) is 0.444. The molecule has 1 atom stereocenters. The van der Waals surface area contributed by atoms with Gasteiger partial charge in [-0.05, 0) is 22.9 Å². The maximum atomic E-state index is 11.5. The van der Waals surface area contributed by atoms with Crippen molar-refractivity contribution in [2.24, 2.45) is 5.73 Å². The van der Waals surface area contributed by atoms with Crippen LogP contribution in [0.25, 0.3) is 0 Å². The molecular weight excluding hydrogens is 327 g/mol. The summed E-state index contributed by atoms with van der Waals surface area (Å²) in [5.41, 5.74) is 4.19. The topological polar surface area (TPSA) is 110 Å². The smallest absolute Gasteiger partial charge is 0.328 e. The Kier molecular flexibility index (Phi) is 6.89. The minimum atomic E-state index is -0.631. The second kappa shape index (κ2) is 7.34. The second-order valence-corrected chi connectivity index (χ2v) is 4.42. The maximum absolute atomic E-state index is 11.5. The van der Waals surface area contributed by atoms with E-state index in [1.165, 1.54) is 6.20 Å². The molecule has 0 aromatic carbocycles. The van der Waals surface area contributed by atoms with Gasteiger partial charge in [0.05, 0.1) is 4.47 Å². The number of aromatic nitrogens is 2. The minimum absolute atomic E-state index is 0. The summed E-state index contributed by atoms with van der Waals surface area (Å²) in [5.74, 6) is -0.344. The van der Waals surface area contributed by atoms with E-state index in [1.807, 2.05) is 0 Å². The average molecular weight is 342 g/mol. The van der Waals surface area contributed by atoms with Crippen LogP contribution in [0, 0.1) is 0 Å². The Morgan fingerprint density at radius 1 is 1.61 bits per heavy atom. The number of halogens is 2. The molecule has 1 aromatic heterocycles. The van der Waals surface area contributed by atoms with Gasteiger partial charge < -0.3 is 11.1 Å². The monoisotopic (exact) mass is 340 g/mol. The molecule has 0 aliphatic rings. The number of carbonyl (C=O) groups is 1. The van der Waals surface area contributed by atoms with Crippen LogP contribution in [0.1, 0.15) is 6.92 Å². The van der Waals surface area contributed by atoms with Crippen LogP contribution in [0.3, 0.4) is 0 Å². The lowest BCUT2D eigenvalue weighted by atomic mass is 10.3. The molecule has 0 fully saturated rings. The molecule has 0 spiro atoms. The standard InChI is InChI=1S/C9H13BrN4O3.ClH/c1-5(2-11)12-7(15)4-14-3-6(10)8(16)13-9(14)17;/h3,5H,2,4,11H2,1H3,(H,12,15)(H,13,16,17);1H/t5-;/m0./s1. The fourth-order valence-electron chi connectivity index (χ4n) is 1.13. The first-order chi connectivity index (χ1) is 7.93. The molecule has 0 saturated carbocycles. The molecule has 1 aromatic rings. The molecule has 4 N–H and O–H groups in total. The van der Waals surface area contributed by atoms with E-state index in [9.17, 15) is 14.4 Å². The van der Waals surface area contributed by atoms with Gasteiger partial charge in [-0.3, -0.25) is 19.1 Å². The average Bonchev–Trinajstić information content (AvgIpc) is 2.25. The van der Waals surface area contributed by atoms with Crippen LogP contribution < -0.4 is 22.3 Å². The Labute approximate surface area is 117 Å². The molecule has 1 rings (SSSR count). The SMILES string of the molecule is C[C@@H](CN)NC(=O)Cn1cc(Br)c(=O)[nH]c1=O.Cl. The summed E-state index contributed by atoms with van der Waals surface area (Å²) in [6.45, 7) is 1.90. The number of nitrogens with zero attached hydrogens (tertiary/aromatic N) is 1. The zero-order valence-corrected chi connectivity index (χ0v) is 12.0. The molecule has 1 heterocycles. The van der Waals surface area contributed by atoms with Crippen molar-refractivity contribution >= 4 is 34.2 Å². The van der Waals surface area contributed by atoms with E-state index < -0.39 is 11.2 Å². The van der Waals surface area contributed by atoms with Gasteiger partial charge in [0.2, 0.25) is 5.91 Å². The highest BCUT2D eigenvalue weighted by atomic mass is 79.9. The summed E-state index contributed by atoms with van der Waals surface area (Å²) in [5, 5.41) is 2.61.